The second kappa shape index (κ2) is 9.86. The molecule has 0 spiro atoms. The summed E-state index contributed by atoms with van der Waals surface area (Å²) in [6.45, 7) is 5.13. The Balaban J connectivity index is 3.29. The van der Waals surface area contributed by atoms with Crippen LogP contribution in [0.15, 0.2) is 0 Å². The van der Waals surface area contributed by atoms with E-state index in [0.717, 1.165) is 34.6 Å². The van der Waals surface area contributed by atoms with E-state index in [4.69, 9.17) is 28.4 Å². The highest BCUT2D eigenvalue weighted by Crippen LogP contribution is 2.29. The van der Waals surface area contributed by atoms with Crippen LogP contribution in [0, 0.1) is 0 Å². The zero-order valence-corrected chi connectivity index (χ0v) is 15.6. The maximum absolute atomic E-state index is 11.5. The van der Waals surface area contributed by atoms with E-state index in [1.165, 1.54) is 0 Å². The largest absolute Gasteiger partial charge is 0.463 e. The lowest BCUT2D eigenvalue weighted by Crippen LogP contribution is -2.63. The molecule has 1 aliphatic rings. The molecule has 1 fully saturated rings. The van der Waals surface area contributed by atoms with Gasteiger partial charge in [-0.1, -0.05) is 0 Å². The summed E-state index contributed by atoms with van der Waals surface area (Å²) in [5.41, 5.74) is 0. The Labute approximate surface area is 155 Å². The van der Waals surface area contributed by atoms with E-state index in [9.17, 15) is 24.0 Å². The molecular formula is C16H22O11. The molecule has 0 radical (unpaired) electrons. The molecule has 0 aromatic rings. The Hall–Kier alpha value is -2.69. The summed E-state index contributed by atoms with van der Waals surface area (Å²) in [4.78, 5) is 57.0. The first-order valence-corrected chi connectivity index (χ1v) is 7.99. The van der Waals surface area contributed by atoms with Crippen LogP contribution in [0.1, 0.15) is 34.6 Å². The van der Waals surface area contributed by atoms with Gasteiger partial charge >= 0.3 is 29.8 Å². The highest BCUT2D eigenvalue weighted by molar-refractivity contribution is 5.69. The van der Waals surface area contributed by atoms with Crippen LogP contribution in [-0.4, -0.2) is 67.2 Å². The predicted octanol–water partition coefficient (Wildman–Crippen LogP) is -0.367. The Morgan fingerprint density at radius 2 is 1.07 bits per heavy atom. The van der Waals surface area contributed by atoms with E-state index in [2.05, 4.69) is 0 Å². The van der Waals surface area contributed by atoms with Gasteiger partial charge in [0.05, 0.1) is 0 Å². The van der Waals surface area contributed by atoms with Crippen LogP contribution in [0.25, 0.3) is 0 Å². The molecule has 1 heterocycles. The van der Waals surface area contributed by atoms with Gasteiger partial charge in [0, 0.05) is 34.6 Å². The number of rotatable bonds is 6. The van der Waals surface area contributed by atoms with E-state index in [0.29, 0.717) is 0 Å². The first kappa shape index (κ1) is 22.4. The SMILES string of the molecule is CC(=O)OC[C@@H]1OC(OC(C)=O)[C@@H](OC(C)=O)[C@@H](OC(C)=O)[C@@H]1OC(C)=O. The van der Waals surface area contributed by atoms with Crippen molar-refractivity contribution < 1.29 is 52.4 Å². The van der Waals surface area contributed by atoms with Crippen LogP contribution in [0.4, 0.5) is 0 Å². The minimum absolute atomic E-state index is 0.393. The van der Waals surface area contributed by atoms with Crippen molar-refractivity contribution in [3.8, 4) is 0 Å². The fourth-order valence-corrected chi connectivity index (χ4v) is 2.45. The fraction of sp³-hybridized carbons (Fsp3) is 0.688. The monoisotopic (exact) mass is 390 g/mol. The van der Waals surface area contributed by atoms with Crippen molar-refractivity contribution in [2.75, 3.05) is 6.61 Å². The fourth-order valence-electron chi connectivity index (χ4n) is 2.45. The summed E-state index contributed by atoms with van der Waals surface area (Å²) in [6.07, 6.45) is -6.70. The molecule has 0 N–H and O–H groups in total. The second-order valence-corrected chi connectivity index (χ2v) is 5.68. The molecule has 27 heavy (non-hydrogen) atoms. The smallest absolute Gasteiger partial charge is 0.305 e. The van der Waals surface area contributed by atoms with Crippen LogP contribution in [0.2, 0.25) is 0 Å². The summed E-state index contributed by atoms with van der Waals surface area (Å²) in [5, 5.41) is 0. The van der Waals surface area contributed by atoms with E-state index in [1.807, 2.05) is 0 Å². The van der Waals surface area contributed by atoms with Gasteiger partial charge in [-0.2, -0.15) is 0 Å². The molecule has 0 saturated carbocycles. The third-order valence-electron chi connectivity index (χ3n) is 3.23. The normalized spacial score (nSPS) is 27.1. The molecule has 0 aromatic heterocycles. The van der Waals surface area contributed by atoms with Gasteiger partial charge in [-0.05, 0) is 0 Å². The molecule has 1 saturated heterocycles. The van der Waals surface area contributed by atoms with Crippen molar-refractivity contribution in [2.45, 2.75) is 65.3 Å². The molecule has 0 bridgehead atoms. The summed E-state index contributed by atoms with van der Waals surface area (Å²) < 4.78 is 30.8. The lowest BCUT2D eigenvalue weighted by molar-refractivity contribution is -0.300. The van der Waals surface area contributed by atoms with Gasteiger partial charge in [0.25, 0.3) is 0 Å². The molecule has 11 nitrogen and oxygen atoms in total. The zero-order valence-electron chi connectivity index (χ0n) is 15.6. The summed E-state index contributed by atoms with van der Waals surface area (Å²) in [7, 11) is 0. The number of carbonyl (C=O) groups excluding carboxylic acids is 5. The molecule has 1 rings (SSSR count). The van der Waals surface area contributed by atoms with E-state index in [-0.39, 0.29) is 0 Å². The van der Waals surface area contributed by atoms with E-state index < -0.39 is 67.2 Å². The minimum atomic E-state index is -1.48. The Morgan fingerprint density at radius 1 is 0.630 bits per heavy atom. The van der Waals surface area contributed by atoms with Crippen LogP contribution >= 0.6 is 0 Å². The molecule has 11 heteroatoms. The van der Waals surface area contributed by atoms with Crippen LogP contribution in [0.5, 0.6) is 0 Å². The average molecular weight is 390 g/mol. The lowest BCUT2D eigenvalue weighted by atomic mass is 9.98. The van der Waals surface area contributed by atoms with Crippen molar-refractivity contribution in [2.24, 2.45) is 0 Å². The second-order valence-electron chi connectivity index (χ2n) is 5.68. The van der Waals surface area contributed by atoms with Crippen molar-refractivity contribution in [1.29, 1.82) is 0 Å². The van der Waals surface area contributed by atoms with Gasteiger partial charge in [0.2, 0.25) is 12.4 Å². The molecular weight excluding hydrogens is 368 g/mol. The highest BCUT2D eigenvalue weighted by atomic mass is 16.7. The summed E-state index contributed by atoms with van der Waals surface area (Å²) in [5.74, 6) is -3.71. The van der Waals surface area contributed by atoms with Crippen LogP contribution in [-0.2, 0) is 52.4 Å². The molecule has 5 atom stereocenters. The van der Waals surface area contributed by atoms with Crippen LogP contribution in [0.3, 0.4) is 0 Å². The van der Waals surface area contributed by atoms with Crippen LogP contribution < -0.4 is 0 Å². The van der Waals surface area contributed by atoms with Gasteiger partial charge in [0.1, 0.15) is 12.7 Å². The lowest BCUT2D eigenvalue weighted by Gasteiger charge is -2.43. The number of ether oxygens (including phenoxy) is 6. The highest BCUT2D eigenvalue weighted by Gasteiger charge is 2.53. The summed E-state index contributed by atoms with van der Waals surface area (Å²) in [6, 6.07) is 0. The Bertz CT molecular complexity index is 599. The molecule has 0 aromatic carbocycles. The van der Waals surface area contributed by atoms with Crippen molar-refractivity contribution >= 4 is 29.8 Å². The van der Waals surface area contributed by atoms with E-state index in [1.54, 1.807) is 0 Å². The number of hydrogen-bond acceptors (Lipinski definition) is 11. The Kier molecular flexibility index (Phi) is 8.16. The topological polar surface area (TPSA) is 141 Å². The number of carbonyl (C=O) groups is 5. The first-order valence-electron chi connectivity index (χ1n) is 7.99. The predicted molar refractivity (Wildman–Crippen MR) is 83.7 cm³/mol. The van der Waals surface area contributed by atoms with Gasteiger partial charge in [0.15, 0.2) is 12.2 Å². The molecule has 0 amide bonds. The Morgan fingerprint density at radius 3 is 1.52 bits per heavy atom. The maximum atomic E-state index is 11.5. The van der Waals surface area contributed by atoms with Gasteiger partial charge in [-0.3, -0.25) is 24.0 Å². The van der Waals surface area contributed by atoms with Crippen molar-refractivity contribution in [3.63, 3.8) is 0 Å². The number of hydrogen-bond donors (Lipinski definition) is 0. The molecule has 1 aliphatic heterocycles. The standard InChI is InChI=1S/C16H22O11/c1-7(17)22-6-12-13(23-8(2)18)14(24-9(3)19)15(25-10(4)20)16(27-12)26-11(5)21/h12-16H,6H2,1-5H3/t12-,13+,14-,15-,16?/m0/s1. The first-order chi connectivity index (χ1) is 12.5. The van der Waals surface area contributed by atoms with E-state index >= 15 is 0 Å². The van der Waals surface area contributed by atoms with Gasteiger partial charge in [-0.25, -0.2) is 0 Å². The number of esters is 5. The average Bonchev–Trinajstić information content (AvgIpc) is 2.49. The van der Waals surface area contributed by atoms with Crippen molar-refractivity contribution in [3.05, 3.63) is 0 Å². The third kappa shape index (κ3) is 7.21. The molecule has 152 valence electrons. The van der Waals surface area contributed by atoms with Crippen molar-refractivity contribution in [1.82, 2.24) is 0 Å². The molecule has 0 aliphatic carbocycles. The minimum Gasteiger partial charge on any atom is -0.463 e. The summed E-state index contributed by atoms with van der Waals surface area (Å²) >= 11 is 0. The molecule has 1 unspecified atom stereocenters. The quantitative estimate of drug-likeness (QED) is 0.433. The van der Waals surface area contributed by atoms with Gasteiger partial charge in [-0.15, -0.1) is 0 Å². The maximum Gasteiger partial charge on any atom is 0.305 e. The third-order valence-corrected chi connectivity index (χ3v) is 3.23. The van der Waals surface area contributed by atoms with Gasteiger partial charge < -0.3 is 28.4 Å². The zero-order chi connectivity index (χ0) is 20.7.